The van der Waals surface area contributed by atoms with Crippen LogP contribution in [0.2, 0.25) is 0 Å². The van der Waals surface area contributed by atoms with Crippen LogP contribution < -0.4 is 0 Å². The van der Waals surface area contributed by atoms with E-state index in [9.17, 15) is 22.8 Å². The van der Waals surface area contributed by atoms with Gasteiger partial charge in [-0.25, -0.2) is 4.79 Å². The second-order valence-electron chi connectivity index (χ2n) is 2.85. The Kier molecular flexibility index (Phi) is 4.12. The highest BCUT2D eigenvalue weighted by Crippen LogP contribution is 2.34. The molecule has 0 aliphatic heterocycles. The van der Waals surface area contributed by atoms with E-state index in [4.69, 9.17) is 0 Å². The molecule has 0 rings (SSSR count). The summed E-state index contributed by atoms with van der Waals surface area (Å²) in [5, 5.41) is 0. The third-order valence-corrected chi connectivity index (χ3v) is 1.55. The fourth-order valence-electron chi connectivity index (χ4n) is 0.772. The van der Waals surface area contributed by atoms with Gasteiger partial charge in [-0.3, -0.25) is 4.79 Å². The molecule has 0 saturated heterocycles. The zero-order valence-electron chi connectivity index (χ0n) is 8.47. The van der Waals surface area contributed by atoms with Crippen molar-refractivity contribution >= 4 is 11.9 Å². The number of alkyl halides is 3. The van der Waals surface area contributed by atoms with Crippen molar-refractivity contribution in [1.82, 2.24) is 0 Å². The van der Waals surface area contributed by atoms with Gasteiger partial charge in [0.15, 0.2) is 0 Å². The molecular weight excluding hydrogens is 217 g/mol. The number of rotatable bonds is 3. The molecule has 0 heterocycles. The SMILES string of the molecule is CCOC(=O)C(C)(OC(C)=O)C(F)(F)F. The Morgan fingerprint density at radius 1 is 1.27 bits per heavy atom. The van der Waals surface area contributed by atoms with E-state index in [0.717, 1.165) is 6.92 Å². The second-order valence-corrected chi connectivity index (χ2v) is 2.85. The van der Waals surface area contributed by atoms with Gasteiger partial charge in [-0.1, -0.05) is 0 Å². The zero-order chi connectivity index (χ0) is 12.3. The Morgan fingerprint density at radius 3 is 2.00 bits per heavy atom. The van der Waals surface area contributed by atoms with E-state index < -0.39 is 23.7 Å². The number of esters is 2. The number of halogens is 3. The van der Waals surface area contributed by atoms with E-state index in [1.807, 2.05) is 0 Å². The third-order valence-electron chi connectivity index (χ3n) is 1.55. The lowest BCUT2D eigenvalue weighted by Gasteiger charge is -2.28. The van der Waals surface area contributed by atoms with Gasteiger partial charge in [0, 0.05) is 6.92 Å². The maximum Gasteiger partial charge on any atom is 0.439 e. The van der Waals surface area contributed by atoms with E-state index >= 15 is 0 Å². The molecule has 0 spiro atoms. The van der Waals surface area contributed by atoms with Gasteiger partial charge in [0.2, 0.25) is 0 Å². The van der Waals surface area contributed by atoms with E-state index in [0.29, 0.717) is 6.92 Å². The van der Waals surface area contributed by atoms with Crippen LogP contribution in [0.15, 0.2) is 0 Å². The average molecular weight is 228 g/mol. The highest BCUT2D eigenvalue weighted by molar-refractivity contribution is 5.83. The molecular formula is C8H11F3O4. The van der Waals surface area contributed by atoms with Gasteiger partial charge in [-0.2, -0.15) is 13.2 Å². The lowest BCUT2D eigenvalue weighted by Crippen LogP contribution is -2.53. The number of carbonyl (C=O) groups is 2. The van der Waals surface area contributed by atoms with Crippen LogP contribution in [0.4, 0.5) is 13.2 Å². The van der Waals surface area contributed by atoms with E-state index in [-0.39, 0.29) is 6.61 Å². The second kappa shape index (κ2) is 4.50. The van der Waals surface area contributed by atoms with Crippen molar-refractivity contribution in [3.8, 4) is 0 Å². The first-order chi connectivity index (χ1) is 6.65. The molecule has 0 amide bonds. The molecule has 0 radical (unpaired) electrons. The first kappa shape index (κ1) is 13.7. The summed E-state index contributed by atoms with van der Waals surface area (Å²) >= 11 is 0. The minimum Gasteiger partial charge on any atom is -0.463 e. The van der Waals surface area contributed by atoms with Gasteiger partial charge >= 0.3 is 18.1 Å². The van der Waals surface area contributed by atoms with Gasteiger partial charge in [0.05, 0.1) is 6.61 Å². The summed E-state index contributed by atoms with van der Waals surface area (Å²) < 4.78 is 45.6. The summed E-state index contributed by atoms with van der Waals surface area (Å²) in [5.74, 6) is -2.84. The van der Waals surface area contributed by atoms with Crippen molar-refractivity contribution in [2.45, 2.75) is 32.5 Å². The first-order valence-corrected chi connectivity index (χ1v) is 4.08. The van der Waals surface area contributed by atoms with E-state index in [1.165, 1.54) is 6.92 Å². The first-order valence-electron chi connectivity index (χ1n) is 4.08. The number of hydrogen-bond acceptors (Lipinski definition) is 4. The summed E-state index contributed by atoms with van der Waals surface area (Å²) in [6, 6.07) is 0. The highest BCUT2D eigenvalue weighted by Gasteiger charge is 2.61. The highest BCUT2D eigenvalue weighted by atomic mass is 19.4. The van der Waals surface area contributed by atoms with E-state index in [1.54, 1.807) is 0 Å². The van der Waals surface area contributed by atoms with Gasteiger partial charge in [0.1, 0.15) is 0 Å². The predicted molar refractivity (Wildman–Crippen MR) is 42.9 cm³/mol. The summed E-state index contributed by atoms with van der Waals surface area (Å²) in [6.45, 7) is 2.35. The molecule has 88 valence electrons. The summed E-state index contributed by atoms with van der Waals surface area (Å²) in [6.07, 6.45) is -5.01. The van der Waals surface area contributed by atoms with Crippen molar-refractivity contribution in [2.24, 2.45) is 0 Å². The molecule has 4 nitrogen and oxygen atoms in total. The molecule has 0 aliphatic rings. The fraction of sp³-hybridized carbons (Fsp3) is 0.750. The molecule has 0 aromatic heterocycles. The van der Waals surface area contributed by atoms with Crippen LogP contribution in [-0.4, -0.2) is 30.3 Å². The Labute approximate surface area is 84.3 Å². The largest absolute Gasteiger partial charge is 0.463 e. The maximum absolute atomic E-state index is 12.5. The zero-order valence-corrected chi connectivity index (χ0v) is 8.47. The topological polar surface area (TPSA) is 52.6 Å². The summed E-state index contributed by atoms with van der Waals surface area (Å²) in [5.41, 5.74) is -3.24. The molecule has 0 aromatic rings. The van der Waals surface area contributed by atoms with Crippen LogP contribution >= 0.6 is 0 Å². The summed E-state index contributed by atoms with van der Waals surface area (Å²) in [4.78, 5) is 21.5. The van der Waals surface area contributed by atoms with Crippen molar-refractivity contribution < 1.29 is 32.2 Å². The van der Waals surface area contributed by atoms with Crippen LogP contribution in [0.1, 0.15) is 20.8 Å². The standard InChI is InChI=1S/C8H11F3O4/c1-4-14-6(13)7(3,8(9,10)11)15-5(2)12/h4H2,1-3H3. The van der Waals surface area contributed by atoms with Gasteiger partial charge in [0.25, 0.3) is 5.60 Å². The van der Waals surface area contributed by atoms with Gasteiger partial charge in [-0.05, 0) is 13.8 Å². The lowest BCUT2D eigenvalue weighted by molar-refractivity contribution is -0.264. The molecule has 0 N–H and O–H groups in total. The van der Waals surface area contributed by atoms with Crippen LogP contribution in [0.5, 0.6) is 0 Å². The molecule has 0 aliphatic carbocycles. The van der Waals surface area contributed by atoms with Crippen molar-refractivity contribution in [3.63, 3.8) is 0 Å². The molecule has 0 fully saturated rings. The third kappa shape index (κ3) is 3.10. The Balaban J connectivity index is 5.02. The molecule has 7 heteroatoms. The Morgan fingerprint density at radius 2 is 1.73 bits per heavy atom. The Hall–Kier alpha value is -1.27. The van der Waals surface area contributed by atoms with Crippen molar-refractivity contribution in [2.75, 3.05) is 6.61 Å². The average Bonchev–Trinajstić information content (AvgIpc) is 2.01. The van der Waals surface area contributed by atoms with Crippen LogP contribution in [0, 0.1) is 0 Å². The molecule has 1 unspecified atom stereocenters. The molecule has 0 saturated carbocycles. The smallest absolute Gasteiger partial charge is 0.439 e. The van der Waals surface area contributed by atoms with Crippen LogP contribution in [0.25, 0.3) is 0 Å². The van der Waals surface area contributed by atoms with Crippen LogP contribution in [-0.2, 0) is 19.1 Å². The number of hydrogen-bond donors (Lipinski definition) is 0. The predicted octanol–water partition coefficient (Wildman–Crippen LogP) is 1.43. The van der Waals surface area contributed by atoms with Gasteiger partial charge < -0.3 is 9.47 Å². The molecule has 0 aromatic carbocycles. The van der Waals surface area contributed by atoms with Gasteiger partial charge in [-0.15, -0.1) is 0 Å². The number of carbonyl (C=O) groups excluding carboxylic acids is 2. The molecule has 15 heavy (non-hydrogen) atoms. The minimum atomic E-state index is -5.01. The Bertz CT molecular complexity index is 261. The van der Waals surface area contributed by atoms with E-state index in [2.05, 4.69) is 9.47 Å². The summed E-state index contributed by atoms with van der Waals surface area (Å²) in [7, 11) is 0. The molecule has 0 bridgehead atoms. The van der Waals surface area contributed by atoms with Crippen LogP contribution in [0.3, 0.4) is 0 Å². The number of ether oxygens (including phenoxy) is 2. The minimum absolute atomic E-state index is 0.230. The quantitative estimate of drug-likeness (QED) is 0.686. The normalized spacial score (nSPS) is 15.3. The lowest BCUT2D eigenvalue weighted by atomic mass is 10.1. The monoisotopic (exact) mass is 228 g/mol. The maximum atomic E-state index is 12.5. The van der Waals surface area contributed by atoms with Crippen molar-refractivity contribution in [3.05, 3.63) is 0 Å². The fourth-order valence-corrected chi connectivity index (χ4v) is 0.772. The molecule has 1 atom stereocenters. The van der Waals surface area contributed by atoms with Crippen molar-refractivity contribution in [1.29, 1.82) is 0 Å².